The van der Waals surface area contributed by atoms with E-state index in [9.17, 15) is 9.59 Å². The van der Waals surface area contributed by atoms with Gasteiger partial charge < -0.3 is 23.7 Å². The molecule has 4 unspecified atom stereocenters. The van der Waals surface area contributed by atoms with Gasteiger partial charge in [0.1, 0.15) is 11.9 Å². The minimum atomic E-state index is -0.168. The van der Waals surface area contributed by atoms with E-state index in [1.165, 1.54) is 74.6 Å². The summed E-state index contributed by atoms with van der Waals surface area (Å²) >= 11 is 24.9. The molecule has 6 fully saturated rings. The van der Waals surface area contributed by atoms with E-state index in [-0.39, 0.29) is 68.9 Å². The molecule has 3 heterocycles. The number of rotatable bonds is 14. The largest absolute Gasteiger partial charge is 0.461 e. The summed E-state index contributed by atoms with van der Waals surface area (Å²) in [4.78, 5) is 30.1. The maximum Gasteiger partial charge on any atom is 0.302 e. The molecule has 17 heteroatoms. The molecular weight excluding hydrogens is 1110 g/mol. The second kappa shape index (κ2) is 34.3. The topological polar surface area (TPSA) is 90.0 Å². The van der Waals surface area contributed by atoms with E-state index in [2.05, 4.69) is 57.2 Å². The number of halogens is 7. The van der Waals surface area contributed by atoms with Crippen molar-refractivity contribution < 1.29 is 33.3 Å². The Hall–Kier alpha value is -1.97. The molecule has 4 aromatic carbocycles. The molecule has 76 heavy (non-hydrogen) atoms. The standard InChI is InChI=1S/C24H31NO3.C17H23Cl2NO2.C17H21Cl2NO2.CH4.3ClH/c1-18(26)28-21-13-15-25(17-21)23-11-4-5-12-24(23)27-16-14-20-9-6-8-19-7-2-3-10-22(19)20;18-14-4-3-5-15(19)13(14)12-22-17-7-2-1-6-16(17)20-8-10-21-11-9-20;18-14-4-3-5-15(19)13(14)11-22-17-7-2-1-6-16(17)20-9-8-12(21)10-20;;;;/h2-3,6-10,21,23-24H,4-5,11-17H2,1H3;3-5,16-17H,1-2,6-12H2;3-5,16-17H,1-2,6-11H2;1H4;3*1H/t21?,23-,24?;2*16-,17?;;;;/m111..../s1. The van der Waals surface area contributed by atoms with Crippen LogP contribution in [0.15, 0.2) is 78.9 Å². The van der Waals surface area contributed by atoms with Crippen LogP contribution in [0.25, 0.3) is 10.8 Å². The third-order valence-electron chi connectivity index (χ3n) is 15.6. The molecule has 0 spiro atoms. The lowest BCUT2D eigenvalue weighted by Crippen LogP contribution is -2.51. The number of esters is 1. The molecular formula is C59H82Cl7N3O7. The smallest absolute Gasteiger partial charge is 0.302 e. The van der Waals surface area contributed by atoms with Crippen molar-refractivity contribution in [1.29, 1.82) is 0 Å². The highest BCUT2D eigenvalue weighted by Gasteiger charge is 2.37. The van der Waals surface area contributed by atoms with Gasteiger partial charge in [0.15, 0.2) is 0 Å². The molecule has 4 aromatic rings. The first-order valence-electron chi connectivity index (χ1n) is 26.8. The van der Waals surface area contributed by atoms with Crippen molar-refractivity contribution in [2.75, 3.05) is 59.1 Å². The van der Waals surface area contributed by atoms with Crippen LogP contribution in [0.2, 0.25) is 20.1 Å². The lowest BCUT2D eigenvalue weighted by atomic mass is 9.91. The Bertz CT molecular complexity index is 2320. The molecule has 0 bridgehead atoms. The van der Waals surface area contributed by atoms with Gasteiger partial charge in [-0.15, -0.1) is 37.2 Å². The van der Waals surface area contributed by atoms with Gasteiger partial charge >= 0.3 is 5.97 Å². The van der Waals surface area contributed by atoms with Crippen molar-refractivity contribution in [3.8, 4) is 0 Å². The molecule has 0 radical (unpaired) electrons. The van der Waals surface area contributed by atoms with E-state index in [4.69, 9.17) is 70.1 Å². The Morgan fingerprint density at radius 2 is 1.07 bits per heavy atom. The average molecular weight is 1190 g/mol. The maximum atomic E-state index is 11.6. The molecule has 3 saturated heterocycles. The molecule has 10 rings (SSSR count). The first kappa shape index (κ1) is 66.5. The molecule has 3 aliphatic heterocycles. The Labute approximate surface area is 492 Å². The van der Waals surface area contributed by atoms with E-state index in [1.54, 1.807) is 0 Å². The number of carbonyl (C=O) groups excluding carboxylic acids is 2. The molecule has 6 aliphatic rings. The van der Waals surface area contributed by atoms with E-state index >= 15 is 0 Å². The van der Waals surface area contributed by atoms with Gasteiger partial charge in [-0.1, -0.05) is 147 Å². The van der Waals surface area contributed by atoms with E-state index < -0.39 is 0 Å². The highest BCUT2D eigenvalue weighted by atomic mass is 35.5. The third kappa shape index (κ3) is 19.1. The summed E-state index contributed by atoms with van der Waals surface area (Å²) in [5.74, 6) is 0.178. The fraction of sp³-hybridized carbons (Fsp3) is 0.593. The fourth-order valence-electron chi connectivity index (χ4n) is 11.9. The monoisotopic (exact) mass is 1190 g/mol. The van der Waals surface area contributed by atoms with Crippen molar-refractivity contribution in [3.05, 3.63) is 116 Å². The van der Waals surface area contributed by atoms with Gasteiger partial charge in [0.25, 0.3) is 0 Å². The number of morpholine rings is 1. The lowest BCUT2D eigenvalue weighted by Gasteiger charge is -2.41. The van der Waals surface area contributed by atoms with Gasteiger partial charge in [-0.2, -0.15) is 0 Å². The first-order chi connectivity index (χ1) is 35.1. The van der Waals surface area contributed by atoms with Gasteiger partial charge in [-0.25, -0.2) is 0 Å². The van der Waals surface area contributed by atoms with Crippen molar-refractivity contribution in [2.45, 2.75) is 166 Å². The van der Waals surface area contributed by atoms with E-state index in [1.807, 2.05) is 36.4 Å². The number of ether oxygens (including phenoxy) is 5. The van der Waals surface area contributed by atoms with Crippen LogP contribution in [0.4, 0.5) is 0 Å². The normalized spacial score (nSPS) is 25.0. The van der Waals surface area contributed by atoms with Crippen LogP contribution in [0, 0.1) is 0 Å². The second-order valence-electron chi connectivity index (χ2n) is 20.4. The van der Waals surface area contributed by atoms with Gasteiger partial charge in [-0.3, -0.25) is 24.3 Å². The Morgan fingerprint density at radius 3 is 1.61 bits per heavy atom. The number of benzene rings is 4. The molecule has 3 aliphatic carbocycles. The highest BCUT2D eigenvalue weighted by molar-refractivity contribution is 6.36. The minimum absolute atomic E-state index is 0. The van der Waals surface area contributed by atoms with Crippen LogP contribution in [0.1, 0.15) is 121 Å². The number of fused-ring (bicyclic) bond motifs is 1. The third-order valence-corrected chi connectivity index (χ3v) is 17.0. The van der Waals surface area contributed by atoms with Crippen LogP contribution in [-0.2, 0) is 52.9 Å². The molecule has 0 N–H and O–H groups in total. The lowest BCUT2D eigenvalue weighted by molar-refractivity contribution is -0.145. The second-order valence-corrected chi connectivity index (χ2v) is 22.0. The highest BCUT2D eigenvalue weighted by Crippen LogP contribution is 2.34. The summed E-state index contributed by atoms with van der Waals surface area (Å²) < 4.78 is 29.7. The number of carbonyl (C=O) groups is 2. The number of nitrogens with zero attached hydrogens (tertiary/aromatic N) is 3. The summed E-state index contributed by atoms with van der Waals surface area (Å²) in [7, 11) is 0. The zero-order chi connectivity index (χ0) is 50.2. The van der Waals surface area contributed by atoms with Gasteiger partial charge in [0, 0.05) is 95.4 Å². The predicted octanol–water partition coefficient (Wildman–Crippen LogP) is 14.5. The van der Waals surface area contributed by atoms with Gasteiger partial charge in [0.2, 0.25) is 0 Å². The Balaban J connectivity index is 0.000000242. The van der Waals surface area contributed by atoms with Gasteiger partial charge in [0.05, 0.1) is 57.9 Å². The number of Topliss-reactive ketones (excluding diaryl/α,β-unsaturated/α-hetero) is 1. The van der Waals surface area contributed by atoms with Crippen molar-refractivity contribution in [1.82, 2.24) is 14.7 Å². The van der Waals surface area contributed by atoms with Gasteiger partial charge in [-0.05, 0) is 92.0 Å². The molecule has 0 aromatic heterocycles. The van der Waals surface area contributed by atoms with Crippen LogP contribution in [0.3, 0.4) is 0 Å². The minimum Gasteiger partial charge on any atom is -0.461 e. The van der Waals surface area contributed by atoms with Crippen LogP contribution in [-0.4, -0.2) is 128 Å². The summed E-state index contributed by atoms with van der Waals surface area (Å²) in [5.41, 5.74) is 3.12. The molecule has 7 atom stereocenters. The molecule has 3 saturated carbocycles. The number of hydrogen-bond donors (Lipinski definition) is 0. The van der Waals surface area contributed by atoms with E-state index in [0.717, 1.165) is 102 Å². The molecule has 0 amide bonds. The zero-order valence-corrected chi connectivity index (χ0v) is 48.8. The predicted molar refractivity (Wildman–Crippen MR) is 318 cm³/mol. The quantitative estimate of drug-likeness (QED) is 0.114. The maximum absolute atomic E-state index is 11.6. The van der Waals surface area contributed by atoms with Crippen LogP contribution in [0.5, 0.6) is 0 Å². The summed E-state index contributed by atoms with van der Waals surface area (Å²) in [6.07, 6.45) is 17.6. The summed E-state index contributed by atoms with van der Waals surface area (Å²) in [5, 5.41) is 5.30. The fourth-order valence-corrected chi connectivity index (χ4v) is 12.9. The van der Waals surface area contributed by atoms with Crippen LogP contribution < -0.4 is 0 Å². The van der Waals surface area contributed by atoms with Crippen molar-refractivity contribution in [3.63, 3.8) is 0 Å². The Kier molecular flexibility index (Phi) is 30.1. The number of likely N-dealkylation sites (tertiary alicyclic amines) is 2. The van der Waals surface area contributed by atoms with Crippen molar-refractivity contribution >= 4 is 106 Å². The summed E-state index contributed by atoms with van der Waals surface area (Å²) in [6.45, 7) is 10.2. The SMILES string of the molecule is C.CC(=O)OC1CCN([C@@H]2CCCCC2OCCc2cccc3ccccc23)C1.Cl.Cl.Cl.Clc1cccc(Cl)c1COC1CCCC[C@H]1N1CCOCC1.O=C1CCN([C@@H]2CCCCC2OCc2c(Cl)cccc2Cl)C1. The molecule has 10 nitrogen and oxygen atoms in total. The molecule has 424 valence electrons. The number of hydrogen-bond acceptors (Lipinski definition) is 10. The average Bonchev–Trinajstić information content (AvgIpc) is 4.05. The first-order valence-corrected chi connectivity index (χ1v) is 28.3. The summed E-state index contributed by atoms with van der Waals surface area (Å²) in [6, 6.07) is 27.5. The Morgan fingerprint density at radius 1 is 0.579 bits per heavy atom. The zero-order valence-electron chi connectivity index (χ0n) is 43.4. The van der Waals surface area contributed by atoms with Crippen LogP contribution >= 0.6 is 83.6 Å². The van der Waals surface area contributed by atoms with E-state index in [0.29, 0.717) is 76.3 Å². The van der Waals surface area contributed by atoms with Crippen molar-refractivity contribution in [2.24, 2.45) is 0 Å². The number of ketones is 1.